The second-order valence-electron chi connectivity index (χ2n) is 7.02. The van der Waals surface area contributed by atoms with Gasteiger partial charge < -0.3 is 10.2 Å². The van der Waals surface area contributed by atoms with Gasteiger partial charge in [-0.25, -0.2) is 9.07 Å². The first kappa shape index (κ1) is 21.1. The van der Waals surface area contributed by atoms with E-state index in [4.69, 9.17) is 0 Å². The molecule has 2 heterocycles. The highest BCUT2D eigenvalue weighted by Crippen LogP contribution is 2.33. The molecule has 0 saturated heterocycles. The fraction of sp³-hybridized carbons (Fsp3) is 0.136. The Kier molecular flexibility index (Phi) is 5.79. The number of nitrogens with one attached hydrogen (secondary N) is 1. The van der Waals surface area contributed by atoms with Gasteiger partial charge in [0, 0.05) is 24.4 Å². The highest BCUT2D eigenvalue weighted by Gasteiger charge is 2.19. The number of anilines is 1. The van der Waals surface area contributed by atoms with E-state index in [1.54, 1.807) is 55.2 Å². The lowest BCUT2D eigenvalue weighted by molar-refractivity contribution is 0.103. The first-order chi connectivity index (χ1) is 14.8. The molecule has 2 aromatic carbocycles. The van der Waals surface area contributed by atoms with E-state index in [-0.39, 0.29) is 17.0 Å². The maximum absolute atomic E-state index is 13.3. The summed E-state index contributed by atoms with van der Waals surface area (Å²) in [6.45, 7) is 1.87. The number of aromatic nitrogens is 2. The fourth-order valence-electron chi connectivity index (χ4n) is 2.94. The van der Waals surface area contributed by atoms with Crippen LogP contribution in [0.1, 0.15) is 15.4 Å². The number of thioether (sulfide) groups is 1. The van der Waals surface area contributed by atoms with E-state index in [2.05, 4.69) is 10.4 Å². The molecule has 0 saturated carbocycles. The average molecular weight is 455 g/mol. The van der Waals surface area contributed by atoms with Crippen LogP contribution >= 0.6 is 23.1 Å². The van der Waals surface area contributed by atoms with Crippen LogP contribution in [-0.2, 0) is 0 Å². The molecule has 4 aromatic rings. The van der Waals surface area contributed by atoms with Gasteiger partial charge in [-0.1, -0.05) is 12.1 Å². The topological polar surface area (TPSA) is 67.2 Å². The molecule has 0 atom stereocenters. The lowest BCUT2D eigenvalue weighted by Gasteiger charge is -2.12. The van der Waals surface area contributed by atoms with Crippen molar-refractivity contribution in [3.05, 3.63) is 71.0 Å². The Morgan fingerprint density at radius 1 is 1.13 bits per heavy atom. The molecule has 6 nitrogen and oxygen atoms in total. The third kappa shape index (κ3) is 4.33. The molecule has 0 bridgehead atoms. The Balaban J connectivity index is 1.63. The van der Waals surface area contributed by atoms with Crippen LogP contribution < -0.4 is 5.32 Å². The first-order valence-corrected chi connectivity index (χ1v) is 11.0. The van der Waals surface area contributed by atoms with Gasteiger partial charge in [-0.15, -0.1) is 11.3 Å². The van der Waals surface area contributed by atoms with E-state index in [0.717, 1.165) is 33.4 Å². The Hall–Kier alpha value is -3.17. The van der Waals surface area contributed by atoms with Gasteiger partial charge in [0.05, 0.1) is 21.9 Å². The highest BCUT2D eigenvalue weighted by atomic mass is 32.2. The second kappa shape index (κ2) is 8.52. The molecule has 4 rings (SSSR count). The Bertz CT molecular complexity index is 1280. The molecule has 0 spiro atoms. The molecule has 0 fully saturated rings. The maximum Gasteiger partial charge on any atom is 0.286 e. The number of rotatable bonds is 4. The summed E-state index contributed by atoms with van der Waals surface area (Å²) in [5, 5.41) is 8.17. The number of thiophene rings is 1. The largest absolute Gasteiger partial charge is 0.339 e. The van der Waals surface area contributed by atoms with E-state index >= 15 is 0 Å². The van der Waals surface area contributed by atoms with Crippen LogP contribution in [-0.4, -0.2) is 39.9 Å². The molecule has 0 unspecified atom stereocenters. The number of fused-ring (bicyclic) bond motifs is 1. The van der Waals surface area contributed by atoms with Crippen LogP contribution in [0.5, 0.6) is 0 Å². The zero-order chi connectivity index (χ0) is 22.1. The molecular weight excluding hydrogens is 435 g/mol. The minimum atomic E-state index is -0.320. The standard InChI is InChI=1S/C22H19FN4O2S2/c1-13-16-12-19(30-21(16)27(25-13)15-10-8-14(23)9-11-15)20(28)24-17-6-4-5-7-18(17)31-22(29)26(2)3/h4-12H,1-3H3,(H,24,28). The monoisotopic (exact) mass is 454 g/mol. The van der Waals surface area contributed by atoms with Crippen LogP contribution in [0.15, 0.2) is 59.5 Å². The van der Waals surface area contributed by atoms with Gasteiger partial charge >= 0.3 is 0 Å². The van der Waals surface area contributed by atoms with E-state index < -0.39 is 0 Å². The summed E-state index contributed by atoms with van der Waals surface area (Å²) >= 11 is 2.36. The van der Waals surface area contributed by atoms with Crippen LogP contribution in [0.2, 0.25) is 0 Å². The van der Waals surface area contributed by atoms with Gasteiger partial charge in [-0.05, 0) is 61.2 Å². The summed E-state index contributed by atoms with van der Waals surface area (Å²) in [6, 6.07) is 15.0. The van der Waals surface area contributed by atoms with Crippen LogP contribution in [0.25, 0.3) is 15.9 Å². The molecule has 0 aliphatic carbocycles. The van der Waals surface area contributed by atoms with Crippen LogP contribution in [0.4, 0.5) is 14.9 Å². The average Bonchev–Trinajstić information content (AvgIpc) is 3.31. The number of carbonyl (C=O) groups excluding carboxylic acids is 2. The Morgan fingerprint density at radius 2 is 1.84 bits per heavy atom. The lowest BCUT2D eigenvalue weighted by atomic mass is 10.3. The van der Waals surface area contributed by atoms with Crippen molar-refractivity contribution in [3.63, 3.8) is 0 Å². The van der Waals surface area contributed by atoms with Crippen LogP contribution in [0, 0.1) is 12.7 Å². The van der Waals surface area contributed by atoms with Crippen molar-refractivity contribution in [2.24, 2.45) is 0 Å². The summed E-state index contributed by atoms with van der Waals surface area (Å²) in [7, 11) is 3.36. The van der Waals surface area contributed by atoms with Gasteiger partial charge in [-0.2, -0.15) is 5.10 Å². The lowest BCUT2D eigenvalue weighted by Crippen LogP contribution is -2.17. The van der Waals surface area contributed by atoms with E-state index in [0.29, 0.717) is 15.5 Å². The molecule has 0 radical (unpaired) electrons. The highest BCUT2D eigenvalue weighted by molar-refractivity contribution is 8.13. The van der Waals surface area contributed by atoms with Gasteiger partial charge in [0.2, 0.25) is 0 Å². The SMILES string of the molecule is Cc1nn(-c2ccc(F)cc2)c2sc(C(=O)Nc3ccccc3SC(=O)N(C)C)cc12. The first-order valence-electron chi connectivity index (χ1n) is 9.38. The van der Waals surface area contributed by atoms with Crippen molar-refractivity contribution in [1.82, 2.24) is 14.7 Å². The quantitative estimate of drug-likeness (QED) is 0.410. The number of benzene rings is 2. The smallest absolute Gasteiger partial charge is 0.286 e. The number of aryl methyl sites for hydroxylation is 1. The minimum Gasteiger partial charge on any atom is -0.339 e. The molecule has 31 heavy (non-hydrogen) atoms. The number of para-hydroxylation sites is 1. The Labute approximate surface area is 186 Å². The summed E-state index contributed by atoms with van der Waals surface area (Å²) < 4.78 is 15.0. The van der Waals surface area contributed by atoms with Crippen molar-refractivity contribution >= 4 is 50.1 Å². The molecule has 2 amide bonds. The van der Waals surface area contributed by atoms with E-state index in [9.17, 15) is 14.0 Å². The number of hydrogen-bond donors (Lipinski definition) is 1. The van der Waals surface area contributed by atoms with Crippen LogP contribution in [0.3, 0.4) is 0 Å². The number of carbonyl (C=O) groups is 2. The molecular formula is C22H19FN4O2S2. The third-order valence-electron chi connectivity index (χ3n) is 4.54. The summed E-state index contributed by atoms with van der Waals surface area (Å²) in [6.07, 6.45) is 0. The third-order valence-corrected chi connectivity index (χ3v) is 6.76. The van der Waals surface area contributed by atoms with Crippen molar-refractivity contribution in [2.75, 3.05) is 19.4 Å². The zero-order valence-electron chi connectivity index (χ0n) is 17.0. The summed E-state index contributed by atoms with van der Waals surface area (Å²) in [5.41, 5.74) is 2.07. The van der Waals surface area contributed by atoms with Crippen molar-refractivity contribution in [3.8, 4) is 5.69 Å². The molecule has 0 aliphatic heterocycles. The molecule has 9 heteroatoms. The molecule has 0 aliphatic rings. The molecule has 2 aromatic heterocycles. The molecule has 158 valence electrons. The van der Waals surface area contributed by atoms with E-state index in [1.807, 2.05) is 13.0 Å². The second-order valence-corrected chi connectivity index (χ2v) is 9.04. The zero-order valence-corrected chi connectivity index (χ0v) is 18.7. The van der Waals surface area contributed by atoms with Crippen molar-refractivity contribution < 1.29 is 14.0 Å². The summed E-state index contributed by atoms with van der Waals surface area (Å²) in [4.78, 5) is 28.5. The number of hydrogen-bond acceptors (Lipinski definition) is 5. The van der Waals surface area contributed by atoms with Crippen molar-refractivity contribution in [1.29, 1.82) is 0 Å². The number of amides is 2. The van der Waals surface area contributed by atoms with Gasteiger partial charge in [-0.3, -0.25) is 9.59 Å². The van der Waals surface area contributed by atoms with Gasteiger partial charge in [0.1, 0.15) is 10.6 Å². The molecule has 1 N–H and O–H groups in total. The fourth-order valence-corrected chi connectivity index (χ4v) is 4.77. The van der Waals surface area contributed by atoms with Crippen molar-refractivity contribution in [2.45, 2.75) is 11.8 Å². The number of halogens is 1. The van der Waals surface area contributed by atoms with Gasteiger partial charge in [0.25, 0.3) is 11.1 Å². The predicted octanol–water partition coefficient (Wildman–Crippen LogP) is 5.56. The number of nitrogens with zero attached hydrogens (tertiary/aromatic N) is 3. The minimum absolute atomic E-state index is 0.126. The predicted molar refractivity (Wildman–Crippen MR) is 123 cm³/mol. The van der Waals surface area contributed by atoms with Gasteiger partial charge in [0.15, 0.2) is 0 Å². The Morgan fingerprint density at radius 3 is 2.55 bits per heavy atom. The maximum atomic E-state index is 13.3. The normalized spacial score (nSPS) is 11.0. The summed E-state index contributed by atoms with van der Waals surface area (Å²) in [5.74, 6) is -0.587. The van der Waals surface area contributed by atoms with E-state index in [1.165, 1.54) is 28.4 Å².